The maximum atomic E-state index is 14.4. The Morgan fingerprint density at radius 2 is 1.83 bits per heavy atom. The molecule has 0 radical (unpaired) electrons. The lowest BCUT2D eigenvalue weighted by atomic mass is 9.86. The molecule has 1 aliphatic heterocycles. The lowest BCUT2D eigenvalue weighted by Gasteiger charge is -2.32. The van der Waals surface area contributed by atoms with E-state index in [0.717, 1.165) is 0 Å². The fourth-order valence-corrected chi connectivity index (χ4v) is 3.25. The Balaban J connectivity index is 1.65. The fourth-order valence-electron chi connectivity index (χ4n) is 2.56. The van der Waals surface area contributed by atoms with Gasteiger partial charge in [0.15, 0.2) is 5.82 Å². The van der Waals surface area contributed by atoms with Gasteiger partial charge in [0, 0.05) is 11.4 Å². The summed E-state index contributed by atoms with van der Waals surface area (Å²) in [7, 11) is -0.597. The van der Waals surface area contributed by atoms with E-state index in [1.54, 1.807) is 26.2 Å². The summed E-state index contributed by atoms with van der Waals surface area (Å²) < 4.78 is 37.1. The van der Waals surface area contributed by atoms with Crippen LogP contribution in [0, 0.1) is 5.82 Å². The van der Waals surface area contributed by atoms with E-state index in [1.807, 2.05) is 27.7 Å². The lowest BCUT2D eigenvalue weighted by Crippen LogP contribution is -2.41. The number of carbonyl (C=O) groups is 1. The van der Waals surface area contributed by atoms with E-state index in [-0.39, 0.29) is 11.4 Å². The zero-order chi connectivity index (χ0) is 22.3. The lowest BCUT2D eigenvalue weighted by molar-refractivity contribution is 0.00578. The molecule has 1 N–H and O–H groups in total. The van der Waals surface area contributed by atoms with Crippen LogP contribution in [0.5, 0.6) is 10.9 Å². The van der Waals surface area contributed by atoms with Gasteiger partial charge in [-0.05, 0) is 60.6 Å². The van der Waals surface area contributed by atoms with E-state index in [0.29, 0.717) is 10.8 Å². The smallest absolute Gasteiger partial charge is 0.444 e. The first-order valence-electron chi connectivity index (χ1n) is 9.54. The largest absolute Gasteiger partial charge is 0.515 e. The van der Waals surface area contributed by atoms with Crippen molar-refractivity contribution >= 4 is 35.8 Å². The summed E-state index contributed by atoms with van der Waals surface area (Å²) in [4.78, 5) is 16.2. The maximum Gasteiger partial charge on any atom is 0.515 e. The van der Waals surface area contributed by atoms with Crippen LogP contribution in [0.25, 0.3) is 0 Å². The van der Waals surface area contributed by atoms with Crippen LogP contribution in [0.1, 0.15) is 48.5 Å². The van der Waals surface area contributed by atoms with Crippen LogP contribution in [0.4, 0.5) is 14.9 Å². The molecule has 0 saturated carbocycles. The highest BCUT2D eigenvalue weighted by Gasteiger charge is 2.52. The summed E-state index contributed by atoms with van der Waals surface area (Å²) in [6.07, 6.45) is -0.734. The topological polar surface area (TPSA) is 78.9 Å². The van der Waals surface area contributed by atoms with Crippen LogP contribution < -0.4 is 15.6 Å². The van der Waals surface area contributed by atoms with Crippen LogP contribution in [0.2, 0.25) is 0 Å². The van der Waals surface area contributed by atoms with Crippen molar-refractivity contribution in [1.82, 2.24) is 4.98 Å². The second-order valence-corrected chi connectivity index (χ2v) is 9.82. The summed E-state index contributed by atoms with van der Waals surface area (Å²) in [6, 6.07) is 4.10. The van der Waals surface area contributed by atoms with Crippen molar-refractivity contribution in [2.45, 2.75) is 65.3 Å². The number of benzene rings is 1. The summed E-state index contributed by atoms with van der Waals surface area (Å²) >= 11 is 1.25. The van der Waals surface area contributed by atoms with Crippen LogP contribution in [0.3, 0.4) is 0 Å². The van der Waals surface area contributed by atoms with E-state index in [9.17, 15) is 9.18 Å². The van der Waals surface area contributed by atoms with Gasteiger partial charge in [-0.2, -0.15) is 0 Å². The minimum atomic E-state index is -0.734. The minimum Gasteiger partial charge on any atom is -0.444 e. The summed E-state index contributed by atoms with van der Waals surface area (Å²) in [5.41, 5.74) is -1.03. The Bertz CT molecular complexity index is 926. The second kappa shape index (κ2) is 7.83. The molecular formula is C20H26BFN2O5S. The normalized spacial score (nSPS) is 17.7. The highest BCUT2D eigenvalue weighted by atomic mass is 32.1. The van der Waals surface area contributed by atoms with Crippen molar-refractivity contribution in [3.8, 4) is 10.9 Å². The van der Waals surface area contributed by atoms with Crippen molar-refractivity contribution in [3.63, 3.8) is 0 Å². The molecule has 0 unspecified atom stereocenters. The van der Waals surface area contributed by atoms with E-state index in [4.69, 9.17) is 18.8 Å². The molecule has 30 heavy (non-hydrogen) atoms. The van der Waals surface area contributed by atoms with Gasteiger partial charge >= 0.3 is 13.2 Å². The Labute approximate surface area is 180 Å². The molecule has 1 fully saturated rings. The minimum absolute atomic E-state index is 0.00588. The van der Waals surface area contributed by atoms with Crippen molar-refractivity contribution in [2.75, 3.05) is 5.32 Å². The molecule has 0 atom stereocenters. The molecule has 7 nitrogen and oxygen atoms in total. The van der Waals surface area contributed by atoms with E-state index < -0.39 is 35.8 Å². The van der Waals surface area contributed by atoms with E-state index >= 15 is 0 Å². The van der Waals surface area contributed by atoms with Crippen molar-refractivity contribution in [1.29, 1.82) is 0 Å². The van der Waals surface area contributed by atoms with Crippen molar-refractivity contribution in [2.24, 2.45) is 0 Å². The molecule has 3 rings (SSSR count). The number of ether oxygens (including phenoxy) is 2. The van der Waals surface area contributed by atoms with Gasteiger partial charge in [0.2, 0.25) is 0 Å². The maximum absolute atomic E-state index is 14.4. The number of carbonyl (C=O) groups excluding carboxylic acids is 1. The SMILES string of the molecule is CC(C)(C)OC(=O)Nc1ccc(Oc2nc(B3OC(C)(C)C(C)(C)O3)cs2)cc1F. The van der Waals surface area contributed by atoms with Gasteiger partial charge in [0.05, 0.1) is 22.5 Å². The highest BCUT2D eigenvalue weighted by molar-refractivity contribution is 7.12. The third-order valence-electron chi connectivity index (χ3n) is 4.78. The van der Waals surface area contributed by atoms with Gasteiger partial charge in [0.25, 0.3) is 5.19 Å². The number of hydrogen-bond donors (Lipinski definition) is 1. The third-order valence-corrected chi connectivity index (χ3v) is 5.51. The summed E-state index contributed by atoms with van der Waals surface area (Å²) in [5.74, 6) is -0.404. The zero-order valence-electron chi connectivity index (χ0n) is 18.2. The molecule has 1 amide bonds. The van der Waals surface area contributed by atoms with Crippen LogP contribution >= 0.6 is 11.3 Å². The average molecular weight is 436 g/mol. The van der Waals surface area contributed by atoms with Crippen LogP contribution in [-0.4, -0.2) is 35.0 Å². The second-order valence-electron chi connectivity index (χ2n) is 9.00. The Morgan fingerprint density at radius 3 is 2.40 bits per heavy atom. The number of thiazole rings is 1. The quantitative estimate of drug-likeness (QED) is 0.699. The Hall–Kier alpha value is -2.17. The van der Waals surface area contributed by atoms with Crippen molar-refractivity contribution in [3.05, 3.63) is 29.4 Å². The molecule has 0 bridgehead atoms. The number of amides is 1. The Morgan fingerprint density at radius 1 is 1.20 bits per heavy atom. The number of nitrogens with zero attached hydrogens (tertiary/aromatic N) is 1. The first-order chi connectivity index (χ1) is 13.8. The molecule has 162 valence electrons. The monoisotopic (exact) mass is 436 g/mol. The zero-order valence-corrected chi connectivity index (χ0v) is 19.0. The predicted octanol–water partition coefficient (Wildman–Crippen LogP) is 4.72. The molecule has 1 saturated heterocycles. The first-order valence-corrected chi connectivity index (χ1v) is 10.4. The van der Waals surface area contributed by atoms with E-state index in [1.165, 1.54) is 29.5 Å². The van der Waals surface area contributed by atoms with Crippen LogP contribution in [-0.2, 0) is 14.0 Å². The molecule has 1 aromatic carbocycles. The molecule has 10 heteroatoms. The third kappa shape index (κ3) is 5.11. The van der Waals surface area contributed by atoms with E-state index in [2.05, 4.69) is 10.3 Å². The molecule has 2 aromatic rings. The predicted molar refractivity (Wildman–Crippen MR) is 114 cm³/mol. The van der Waals surface area contributed by atoms with Gasteiger partial charge in [-0.15, -0.1) is 0 Å². The molecule has 1 aliphatic rings. The molecule has 0 aliphatic carbocycles. The average Bonchev–Trinajstić information content (AvgIpc) is 3.10. The summed E-state index contributed by atoms with van der Waals surface area (Å²) in [5, 5.41) is 4.49. The fraction of sp³-hybridized carbons (Fsp3) is 0.500. The Kier molecular flexibility index (Phi) is 5.88. The van der Waals surface area contributed by atoms with Crippen molar-refractivity contribution < 1.29 is 28.0 Å². The highest BCUT2D eigenvalue weighted by Crippen LogP contribution is 2.37. The number of aromatic nitrogens is 1. The summed E-state index contributed by atoms with van der Waals surface area (Å²) in [6.45, 7) is 13.0. The molecule has 2 heterocycles. The molecule has 0 spiro atoms. The number of rotatable bonds is 4. The van der Waals surface area contributed by atoms with Crippen LogP contribution in [0.15, 0.2) is 23.6 Å². The number of nitrogens with one attached hydrogen (secondary N) is 1. The van der Waals surface area contributed by atoms with Gasteiger partial charge in [-0.3, -0.25) is 5.32 Å². The van der Waals surface area contributed by atoms with Gasteiger partial charge in [-0.25, -0.2) is 14.2 Å². The number of halogens is 1. The number of anilines is 1. The standard InChI is InChI=1S/C20H26BFN2O5S/c1-18(2,3)27-16(25)23-14-9-8-12(10-13(14)22)26-17-24-15(11-30-17)21-28-19(4,5)20(6,7)29-21/h8-11H,1-7H3,(H,23,25). The molecule has 1 aromatic heterocycles. The molecular weight excluding hydrogens is 410 g/mol. The number of hydrogen-bond acceptors (Lipinski definition) is 7. The van der Waals surface area contributed by atoms with Gasteiger partial charge in [0.1, 0.15) is 11.4 Å². The first kappa shape index (κ1) is 22.5. The van der Waals surface area contributed by atoms with Gasteiger partial charge in [-0.1, -0.05) is 11.3 Å². The van der Waals surface area contributed by atoms with Gasteiger partial charge < -0.3 is 18.8 Å².